The monoisotopic (exact) mass is 103 g/mol. The van der Waals surface area contributed by atoms with Gasteiger partial charge in [0.2, 0.25) is 6.29 Å². The van der Waals surface area contributed by atoms with E-state index < -0.39 is 0 Å². The molecule has 2 nitrogen and oxygen atoms in total. The van der Waals surface area contributed by atoms with Gasteiger partial charge < -0.3 is 9.84 Å². The molecule has 0 aromatic rings. The van der Waals surface area contributed by atoms with Gasteiger partial charge >= 0.3 is 0 Å². The molecule has 0 unspecified atom stereocenters. The molecule has 0 heterocycles. The summed E-state index contributed by atoms with van der Waals surface area (Å²) in [6, 6.07) is 0. The van der Waals surface area contributed by atoms with Crippen LogP contribution in [0.15, 0.2) is 0 Å². The van der Waals surface area contributed by atoms with Gasteiger partial charge in [-0.25, -0.2) is 0 Å². The molecule has 0 atom stereocenters. The highest BCUT2D eigenvalue weighted by Gasteiger charge is 1.97. The van der Waals surface area contributed by atoms with E-state index in [2.05, 4.69) is 0 Å². The van der Waals surface area contributed by atoms with Crippen LogP contribution in [0.25, 0.3) is 0 Å². The normalized spacial score (nSPS) is 11.1. The second-order valence-corrected chi connectivity index (χ2v) is 1.69. The zero-order chi connectivity index (χ0) is 5.86. The molecule has 0 spiro atoms. The van der Waals surface area contributed by atoms with Gasteiger partial charge in [-0.1, -0.05) is 0 Å². The predicted molar refractivity (Wildman–Crippen MR) is 27.1 cm³/mol. The summed E-state index contributed by atoms with van der Waals surface area (Å²) in [7, 11) is 0. The fourth-order valence-corrected chi connectivity index (χ4v) is 0.341. The Morgan fingerprint density at radius 3 is 2.00 bits per heavy atom. The van der Waals surface area contributed by atoms with Crippen LogP contribution in [0.5, 0.6) is 0 Å². The van der Waals surface area contributed by atoms with Gasteiger partial charge in [-0.3, -0.25) is 0 Å². The molecule has 0 aromatic heterocycles. The molecule has 0 aliphatic rings. The van der Waals surface area contributed by atoms with E-state index in [4.69, 9.17) is 9.84 Å². The van der Waals surface area contributed by atoms with Gasteiger partial charge in [0.05, 0.1) is 6.10 Å². The summed E-state index contributed by atoms with van der Waals surface area (Å²) < 4.78 is 4.72. The van der Waals surface area contributed by atoms with E-state index in [1.807, 2.05) is 13.8 Å². The van der Waals surface area contributed by atoms with Crippen LogP contribution in [-0.2, 0) is 4.74 Å². The van der Waals surface area contributed by atoms with Gasteiger partial charge in [-0.15, -0.1) is 0 Å². The Bertz CT molecular complexity index is 35.3. The highest BCUT2D eigenvalue weighted by atomic mass is 16.6. The fourth-order valence-electron chi connectivity index (χ4n) is 0.341. The lowest BCUT2D eigenvalue weighted by Crippen LogP contribution is -2.05. The van der Waals surface area contributed by atoms with Crippen LogP contribution in [0.1, 0.15) is 20.8 Å². The number of aliphatic hydroxyl groups is 1. The molecular weight excluding hydrogens is 92.1 g/mol. The maximum absolute atomic E-state index is 8.42. The van der Waals surface area contributed by atoms with Gasteiger partial charge in [0, 0.05) is 0 Å². The molecule has 0 aromatic carbocycles. The lowest BCUT2D eigenvalue weighted by atomic mass is 10.5. The van der Waals surface area contributed by atoms with Gasteiger partial charge in [0.15, 0.2) is 0 Å². The summed E-state index contributed by atoms with van der Waals surface area (Å²) in [4.78, 5) is 0. The largest absolute Gasteiger partial charge is 0.362 e. The Labute approximate surface area is 44.1 Å². The second-order valence-electron chi connectivity index (χ2n) is 1.69. The predicted octanol–water partition coefficient (Wildman–Crippen LogP) is 1.29. The van der Waals surface area contributed by atoms with Gasteiger partial charge in [-0.2, -0.15) is 0 Å². The van der Waals surface area contributed by atoms with Crippen LogP contribution in [-0.4, -0.2) is 11.2 Å². The van der Waals surface area contributed by atoms with E-state index >= 15 is 0 Å². The number of ether oxygens (including phenoxy) is 1. The molecule has 0 amide bonds. The van der Waals surface area contributed by atoms with E-state index in [0.29, 0.717) is 0 Å². The van der Waals surface area contributed by atoms with Crippen molar-refractivity contribution in [1.29, 1.82) is 0 Å². The van der Waals surface area contributed by atoms with Crippen LogP contribution in [0.3, 0.4) is 0 Å². The zero-order valence-electron chi connectivity index (χ0n) is 4.93. The first-order chi connectivity index (χ1) is 3.13. The molecule has 2 heteroatoms. The first-order valence-electron chi connectivity index (χ1n) is 2.32. The second kappa shape index (κ2) is 2.99. The van der Waals surface area contributed by atoms with Gasteiger partial charge in [0.1, 0.15) is 0 Å². The minimum atomic E-state index is 0.0370. The minimum absolute atomic E-state index is 0.0370. The summed E-state index contributed by atoms with van der Waals surface area (Å²) in [5, 5.41) is 8.42. The molecule has 1 radical (unpaired) electrons. The number of hydrogen-bond donors (Lipinski definition) is 1. The van der Waals surface area contributed by atoms with Crippen LogP contribution in [0, 0.1) is 6.29 Å². The first kappa shape index (κ1) is 6.92. The van der Waals surface area contributed by atoms with Gasteiger partial charge in [0.25, 0.3) is 0 Å². The van der Waals surface area contributed by atoms with E-state index in [1.54, 1.807) is 0 Å². The van der Waals surface area contributed by atoms with Crippen molar-refractivity contribution >= 4 is 0 Å². The third kappa shape index (κ3) is 5.92. The van der Waals surface area contributed by atoms with E-state index in [9.17, 15) is 0 Å². The lowest BCUT2D eigenvalue weighted by molar-refractivity contribution is -0.0188. The minimum Gasteiger partial charge on any atom is -0.362 e. The number of hydrogen-bond acceptors (Lipinski definition) is 2. The Hall–Kier alpha value is -0.0800. The van der Waals surface area contributed by atoms with Crippen LogP contribution >= 0.6 is 0 Å². The summed E-state index contributed by atoms with van der Waals surface area (Å²) in [6.07, 6.45) is 0.125. The molecule has 0 aliphatic heterocycles. The smallest absolute Gasteiger partial charge is 0.218 e. The van der Waals surface area contributed by atoms with Crippen LogP contribution in [0.2, 0.25) is 0 Å². The molecule has 1 N–H and O–H groups in total. The lowest BCUT2D eigenvalue weighted by Gasteiger charge is -2.06. The van der Waals surface area contributed by atoms with E-state index in [0.717, 1.165) is 0 Å². The molecule has 0 saturated heterocycles. The Balaban J connectivity index is 2.95. The van der Waals surface area contributed by atoms with Crippen molar-refractivity contribution in [3.05, 3.63) is 6.29 Å². The first-order valence-corrected chi connectivity index (χ1v) is 2.32. The number of aliphatic hydroxyl groups excluding tert-OH is 1. The van der Waals surface area contributed by atoms with Crippen LogP contribution < -0.4 is 0 Å². The topological polar surface area (TPSA) is 29.5 Å². The highest BCUT2D eigenvalue weighted by molar-refractivity contribution is 4.50. The molecule has 0 saturated carbocycles. The van der Waals surface area contributed by atoms with E-state index in [1.165, 1.54) is 6.92 Å². The van der Waals surface area contributed by atoms with Crippen molar-refractivity contribution in [1.82, 2.24) is 0 Å². The maximum atomic E-state index is 8.42. The third-order valence-corrected chi connectivity index (χ3v) is 0.406. The zero-order valence-corrected chi connectivity index (χ0v) is 4.93. The summed E-state index contributed by atoms with van der Waals surface area (Å²) in [5.41, 5.74) is 0. The maximum Gasteiger partial charge on any atom is 0.218 e. The SMILES string of the molecule is C[C](O)OC(C)C. The summed E-state index contributed by atoms with van der Waals surface area (Å²) >= 11 is 0. The third-order valence-electron chi connectivity index (χ3n) is 0.406. The fraction of sp³-hybridized carbons (Fsp3) is 0.800. The molecule has 0 bridgehead atoms. The molecule has 43 valence electrons. The van der Waals surface area contributed by atoms with Crippen molar-refractivity contribution in [2.45, 2.75) is 26.9 Å². The highest BCUT2D eigenvalue weighted by Crippen LogP contribution is 1.97. The standard InChI is InChI=1S/C5H11O2/c1-4(2)7-5(3)6/h4,6H,1-3H3. The van der Waals surface area contributed by atoms with Gasteiger partial charge in [-0.05, 0) is 20.8 Å². The average molecular weight is 103 g/mol. The molecule has 0 rings (SSSR count). The summed E-state index contributed by atoms with van der Waals surface area (Å²) in [5.74, 6) is 0. The van der Waals surface area contributed by atoms with E-state index in [-0.39, 0.29) is 12.4 Å². The Morgan fingerprint density at radius 2 is 2.00 bits per heavy atom. The average Bonchev–Trinajstić information content (AvgIpc) is 1.27. The molecule has 7 heavy (non-hydrogen) atoms. The quantitative estimate of drug-likeness (QED) is 0.570. The molecule has 0 fully saturated rings. The van der Waals surface area contributed by atoms with Crippen LogP contribution in [0.4, 0.5) is 0 Å². The number of rotatable bonds is 2. The van der Waals surface area contributed by atoms with Crippen molar-refractivity contribution in [2.75, 3.05) is 0 Å². The van der Waals surface area contributed by atoms with Crippen molar-refractivity contribution < 1.29 is 9.84 Å². The molecular formula is C5H11O2. The van der Waals surface area contributed by atoms with Crippen molar-refractivity contribution in [3.63, 3.8) is 0 Å². The van der Waals surface area contributed by atoms with Crippen molar-refractivity contribution in [2.24, 2.45) is 0 Å². The molecule has 0 aliphatic carbocycles. The van der Waals surface area contributed by atoms with Crippen molar-refractivity contribution in [3.8, 4) is 0 Å². The Morgan fingerprint density at radius 1 is 1.57 bits per heavy atom. The summed E-state index contributed by atoms with van der Waals surface area (Å²) in [6.45, 7) is 5.24. The Kier molecular flexibility index (Phi) is 2.96.